The fourth-order valence-corrected chi connectivity index (χ4v) is 3.45. The molecule has 0 fully saturated rings. The Balaban J connectivity index is 1.48. The number of nitrogens with zero attached hydrogens (tertiary/aromatic N) is 2. The average Bonchev–Trinajstić information content (AvgIpc) is 3.15. The monoisotopic (exact) mass is 413 g/mol. The molecule has 1 amide bonds. The molecule has 8 heteroatoms. The quantitative estimate of drug-likeness (QED) is 0.546. The number of ether oxygens (including phenoxy) is 2. The standard InChI is InChI=1S/C21H23N3O4S/c1-3-27-16-5-7-17(8-6-16)28-13-12-22-20(25)14-24-21(26)11-9-18(23-24)19-10-4-15(2)29-19/h4-11H,3,12-14H2,1-2H3,(H,22,25). The molecule has 2 heterocycles. The van der Waals surface area contributed by atoms with Gasteiger partial charge in [-0.3, -0.25) is 9.59 Å². The van der Waals surface area contributed by atoms with E-state index in [1.807, 2.05) is 50.2 Å². The molecular formula is C21H23N3O4S. The zero-order chi connectivity index (χ0) is 20.6. The molecule has 2 aromatic heterocycles. The van der Waals surface area contributed by atoms with Crippen LogP contribution in [0, 0.1) is 6.92 Å². The molecule has 1 N–H and O–H groups in total. The molecule has 3 aromatic rings. The highest BCUT2D eigenvalue weighted by Gasteiger charge is 2.09. The summed E-state index contributed by atoms with van der Waals surface area (Å²) < 4.78 is 12.1. The van der Waals surface area contributed by atoms with Gasteiger partial charge in [0.15, 0.2) is 0 Å². The lowest BCUT2D eigenvalue weighted by atomic mass is 10.3. The number of benzene rings is 1. The van der Waals surface area contributed by atoms with Crippen molar-refractivity contribution in [3.8, 4) is 22.1 Å². The van der Waals surface area contributed by atoms with E-state index in [2.05, 4.69) is 10.4 Å². The Hall–Kier alpha value is -3.13. The first-order valence-electron chi connectivity index (χ1n) is 9.32. The normalized spacial score (nSPS) is 10.6. The second-order valence-electron chi connectivity index (χ2n) is 6.23. The van der Waals surface area contributed by atoms with Gasteiger partial charge >= 0.3 is 0 Å². The summed E-state index contributed by atoms with van der Waals surface area (Å²) in [6.45, 7) is 5.05. The van der Waals surface area contributed by atoms with Gasteiger partial charge in [0.05, 0.1) is 18.0 Å². The van der Waals surface area contributed by atoms with E-state index in [4.69, 9.17) is 9.47 Å². The maximum atomic E-state index is 12.2. The van der Waals surface area contributed by atoms with Crippen LogP contribution in [0.2, 0.25) is 0 Å². The van der Waals surface area contributed by atoms with Crippen LogP contribution in [0.5, 0.6) is 11.5 Å². The zero-order valence-electron chi connectivity index (χ0n) is 16.4. The molecular weight excluding hydrogens is 390 g/mol. The number of carbonyl (C=O) groups excluding carboxylic acids is 1. The van der Waals surface area contributed by atoms with E-state index < -0.39 is 0 Å². The lowest BCUT2D eigenvalue weighted by Gasteiger charge is -2.10. The molecule has 0 bridgehead atoms. The van der Waals surface area contributed by atoms with E-state index in [1.54, 1.807) is 17.4 Å². The number of hydrogen-bond donors (Lipinski definition) is 1. The van der Waals surface area contributed by atoms with Crippen LogP contribution in [0.1, 0.15) is 11.8 Å². The van der Waals surface area contributed by atoms with Crippen molar-refractivity contribution >= 4 is 17.2 Å². The number of rotatable bonds is 9. The highest BCUT2D eigenvalue weighted by molar-refractivity contribution is 7.15. The lowest BCUT2D eigenvalue weighted by Crippen LogP contribution is -2.35. The number of aryl methyl sites for hydroxylation is 1. The molecule has 29 heavy (non-hydrogen) atoms. The summed E-state index contributed by atoms with van der Waals surface area (Å²) in [7, 11) is 0. The molecule has 7 nitrogen and oxygen atoms in total. The van der Waals surface area contributed by atoms with Crippen LogP contribution >= 0.6 is 11.3 Å². The summed E-state index contributed by atoms with van der Waals surface area (Å²) in [6, 6.07) is 14.3. The molecule has 152 valence electrons. The van der Waals surface area contributed by atoms with Gasteiger partial charge in [-0.15, -0.1) is 11.3 Å². The first-order chi connectivity index (χ1) is 14.0. The Kier molecular flexibility index (Phi) is 7.02. The van der Waals surface area contributed by atoms with Gasteiger partial charge in [0.1, 0.15) is 30.3 Å². The minimum atomic E-state index is -0.317. The third-order valence-corrected chi connectivity index (χ3v) is 5.00. The van der Waals surface area contributed by atoms with Crippen molar-refractivity contribution in [3.63, 3.8) is 0 Å². The van der Waals surface area contributed by atoms with E-state index in [0.717, 1.165) is 15.5 Å². The lowest BCUT2D eigenvalue weighted by molar-refractivity contribution is -0.122. The first kappa shape index (κ1) is 20.6. The van der Waals surface area contributed by atoms with Gasteiger partial charge in [-0.2, -0.15) is 5.10 Å². The number of hydrogen-bond acceptors (Lipinski definition) is 6. The Morgan fingerprint density at radius 2 is 1.79 bits per heavy atom. The van der Waals surface area contributed by atoms with Gasteiger partial charge in [-0.05, 0) is 56.3 Å². The molecule has 0 unspecified atom stereocenters. The minimum Gasteiger partial charge on any atom is -0.494 e. The second-order valence-corrected chi connectivity index (χ2v) is 7.52. The molecule has 0 aliphatic rings. The highest BCUT2D eigenvalue weighted by Crippen LogP contribution is 2.25. The molecule has 0 atom stereocenters. The van der Waals surface area contributed by atoms with Gasteiger partial charge in [-0.1, -0.05) is 0 Å². The van der Waals surface area contributed by atoms with Crippen molar-refractivity contribution in [3.05, 3.63) is 63.8 Å². The highest BCUT2D eigenvalue weighted by atomic mass is 32.1. The fourth-order valence-electron chi connectivity index (χ4n) is 2.62. The van der Waals surface area contributed by atoms with Gasteiger partial charge in [0, 0.05) is 10.9 Å². The van der Waals surface area contributed by atoms with Crippen LogP contribution in [0.3, 0.4) is 0 Å². The van der Waals surface area contributed by atoms with Crippen molar-refractivity contribution in [2.45, 2.75) is 20.4 Å². The number of nitrogens with one attached hydrogen (secondary N) is 1. The summed E-state index contributed by atoms with van der Waals surface area (Å²) >= 11 is 1.59. The largest absolute Gasteiger partial charge is 0.494 e. The Labute approximate surface area is 172 Å². The minimum absolute atomic E-state index is 0.139. The smallest absolute Gasteiger partial charge is 0.267 e. The van der Waals surface area contributed by atoms with Crippen LogP contribution in [0.15, 0.2) is 53.3 Å². The van der Waals surface area contributed by atoms with Crippen molar-refractivity contribution in [2.75, 3.05) is 19.8 Å². The van der Waals surface area contributed by atoms with Gasteiger partial charge < -0.3 is 14.8 Å². The summed E-state index contributed by atoms with van der Waals surface area (Å²) in [6.07, 6.45) is 0. The first-order valence-corrected chi connectivity index (χ1v) is 10.1. The topological polar surface area (TPSA) is 82.4 Å². The third-order valence-electron chi connectivity index (χ3n) is 3.98. The Morgan fingerprint density at radius 1 is 1.07 bits per heavy atom. The maximum Gasteiger partial charge on any atom is 0.267 e. The van der Waals surface area contributed by atoms with Crippen molar-refractivity contribution in [2.24, 2.45) is 0 Å². The molecule has 1 aromatic carbocycles. The summed E-state index contributed by atoms with van der Waals surface area (Å²) in [5, 5.41) is 7.04. The SMILES string of the molecule is CCOc1ccc(OCCNC(=O)Cn2nc(-c3ccc(C)s3)ccc2=O)cc1. The predicted octanol–water partition coefficient (Wildman–Crippen LogP) is 2.87. The predicted molar refractivity (Wildman–Crippen MR) is 113 cm³/mol. The van der Waals surface area contributed by atoms with Crippen LogP contribution < -0.4 is 20.3 Å². The van der Waals surface area contributed by atoms with Crippen molar-refractivity contribution < 1.29 is 14.3 Å². The van der Waals surface area contributed by atoms with E-state index in [-0.39, 0.29) is 18.0 Å². The third kappa shape index (κ3) is 5.92. The average molecular weight is 413 g/mol. The summed E-state index contributed by atoms with van der Waals surface area (Å²) in [5.41, 5.74) is 0.358. The van der Waals surface area contributed by atoms with Crippen LogP contribution in [0.25, 0.3) is 10.6 Å². The van der Waals surface area contributed by atoms with Crippen LogP contribution in [-0.4, -0.2) is 35.4 Å². The van der Waals surface area contributed by atoms with Crippen LogP contribution in [-0.2, 0) is 11.3 Å². The van der Waals surface area contributed by atoms with Gasteiger partial charge in [-0.25, -0.2) is 4.68 Å². The molecule has 0 radical (unpaired) electrons. The van der Waals surface area contributed by atoms with E-state index in [0.29, 0.717) is 31.2 Å². The molecule has 0 saturated heterocycles. The number of aromatic nitrogens is 2. The summed E-state index contributed by atoms with van der Waals surface area (Å²) in [5.74, 6) is 1.18. The van der Waals surface area contributed by atoms with E-state index in [9.17, 15) is 9.59 Å². The molecule has 0 aliphatic heterocycles. The number of amides is 1. The van der Waals surface area contributed by atoms with Crippen molar-refractivity contribution in [1.29, 1.82) is 0 Å². The van der Waals surface area contributed by atoms with Gasteiger partial charge in [0.25, 0.3) is 5.56 Å². The number of carbonyl (C=O) groups is 1. The maximum absolute atomic E-state index is 12.2. The zero-order valence-corrected chi connectivity index (χ0v) is 17.2. The number of thiophene rings is 1. The van der Waals surface area contributed by atoms with Crippen LogP contribution in [0.4, 0.5) is 0 Å². The fraction of sp³-hybridized carbons (Fsp3) is 0.286. The Morgan fingerprint density at radius 3 is 2.45 bits per heavy atom. The van der Waals surface area contributed by atoms with E-state index >= 15 is 0 Å². The summed E-state index contributed by atoms with van der Waals surface area (Å²) in [4.78, 5) is 26.3. The Bertz CT molecular complexity index is 1010. The molecule has 0 saturated carbocycles. The molecule has 0 spiro atoms. The molecule has 3 rings (SSSR count). The second kappa shape index (κ2) is 9.88. The molecule has 0 aliphatic carbocycles. The van der Waals surface area contributed by atoms with E-state index in [1.165, 1.54) is 10.7 Å². The van der Waals surface area contributed by atoms with Crippen molar-refractivity contribution in [1.82, 2.24) is 15.1 Å². The van der Waals surface area contributed by atoms with Gasteiger partial charge in [0.2, 0.25) is 5.91 Å².